The summed E-state index contributed by atoms with van der Waals surface area (Å²) in [6.45, 7) is 3.07. The van der Waals surface area contributed by atoms with Crippen LogP contribution in [-0.4, -0.2) is 19.3 Å². The van der Waals surface area contributed by atoms with E-state index in [1.807, 2.05) is 24.3 Å². The molecule has 1 aliphatic heterocycles. The molecule has 3 rings (SSSR count). The molecule has 1 heterocycles. The Morgan fingerprint density at radius 2 is 1.65 bits per heavy atom. The summed E-state index contributed by atoms with van der Waals surface area (Å²) in [6.07, 6.45) is 0. The van der Waals surface area contributed by atoms with Gasteiger partial charge in [-0.05, 0) is 29.2 Å². The van der Waals surface area contributed by atoms with Crippen molar-refractivity contribution in [3.05, 3.63) is 65.7 Å². The summed E-state index contributed by atoms with van der Waals surface area (Å²) in [5.41, 5.74) is 2.36. The summed E-state index contributed by atoms with van der Waals surface area (Å²) >= 11 is 0. The van der Waals surface area contributed by atoms with E-state index in [0.717, 1.165) is 5.56 Å². The molecule has 3 nitrogen and oxygen atoms in total. The average molecular weight is 287 g/mol. The van der Waals surface area contributed by atoms with Gasteiger partial charge in [0, 0.05) is 13.1 Å². The molecule has 1 atom stereocenters. The van der Waals surface area contributed by atoms with Crippen LogP contribution in [0.15, 0.2) is 59.5 Å². The smallest absolute Gasteiger partial charge is 0.207 e. The van der Waals surface area contributed by atoms with Crippen molar-refractivity contribution < 1.29 is 8.42 Å². The van der Waals surface area contributed by atoms with E-state index in [1.54, 1.807) is 28.6 Å². The van der Waals surface area contributed by atoms with Crippen molar-refractivity contribution in [2.24, 2.45) is 0 Å². The van der Waals surface area contributed by atoms with Gasteiger partial charge in [-0.1, -0.05) is 49.4 Å². The topological polar surface area (TPSA) is 37.4 Å². The summed E-state index contributed by atoms with van der Waals surface area (Å²) in [4.78, 5) is 0.367. The molecule has 20 heavy (non-hydrogen) atoms. The van der Waals surface area contributed by atoms with Crippen molar-refractivity contribution in [2.45, 2.75) is 24.3 Å². The highest BCUT2D eigenvalue weighted by Gasteiger charge is 2.31. The lowest BCUT2D eigenvalue weighted by Gasteiger charge is -2.32. The Bertz CT molecular complexity index is 710. The Hall–Kier alpha value is -1.65. The van der Waals surface area contributed by atoms with Gasteiger partial charge >= 0.3 is 0 Å². The van der Waals surface area contributed by atoms with E-state index in [-0.39, 0.29) is 5.92 Å². The summed E-state index contributed by atoms with van der Waals surface area (Å²) < 4.78 is 26.9. The molecule has 0 aliphatic carbocycles. The minimum atomic E-state index is -3.40. The van der Waals surface area contributed by atoms with Gasteiger partial charge in [0.25, 0.3) is 0 Å². The summed E-state index contributed by atoms with van der Waals surface area (Å²) in [5.74, 6) is 0.221. The van der Waals surface area contributed by atoms with Crippen molar-refractivity contribution in [2.75, 3.05) is 6.54 Å². The fourth-order valence-electron chi connectivity index (χ4n) is 2.74. The first-order valence-electron chi connectivity index (χ1n) is 6.72. The Balaban J connectivity index is 1.98. The van der Waals surface area contributed by atoms with Crippen LogP contribution in [-0.2, 0) is 16.6 Å². The number of hydrogen-bond donors (Lipinski definition) is 0. The number of nitrogens with zero attached hydrogens (tertiary/aromatic N) is 1. The summed E-state index contributed by atoms with van der Waals surface area (Å²) in [6, 6.07) is 16.7. The molecule has 1 aliphatic rings. The lowest BCUT2D eigenvalue weighted by atomic mass is 9.92. The second-order valence-corrected chi connectivity index (χ2v) is 7.15. The second kappa shape index (κ2) is 5.04. The third-order valence-corrected chi connectivity index (χ3v) is 5.62. The van der Waals surface area contributed by atoms with E-state index < -0.39 is 10.0 Å². The van der Waals surface area contributed by atoms with E-state index in [1.165, 1.54) is 5.56 Å². The molecule has 2 aromatic rings. The van der Waals surface area contributed by atoms with Crippen molar-refractivity contribution in [1.29, 1.82) is 0 Å². The SMILES string of the molecule is CC1CN(S(=O)(=O)c2ccccc2)Cc2ccccc21. The van der Waals surface area contributed by atoms with E-state index in [2.05, 4.69) is 13.0 Å². The normalized spacial score (nSPS) is 19.6. The van der Waals surface area contributed by atoms with Gasteiger partial charge in [-0.25, -0.2) is 8.42 Å². The maximum Gasteiger partial charge on any atom is 0.243 e. The lowest BCUT2D eigenvalue weighted by molar-refractivity contribution is 0.363. The van der Waals surface area contributed by atoms with Crippen molar-refractivity contribution in [3.63, 3.8) is 0 Å². The highest BCUT2D eigenvalue weighted by atomic mass is 32.2. The number of hydrogen-bond acceptors (Lipinski definition) is 2. The van der Waals surface area contributed by atoms with E-state index in [0.29, 0.717) is 18.0 Å². The third-order valence-electron chi connectivity index (χ3n) is 3.79. The van der Waals surface area contributed by atoms with Crippen molar-refractivity contribution >= 4 is 10.0 Å². The van der Waals surface area contributed by atoms with E-state index in [4.69, 9.17) is 0 Å². The average Bonchev–Trinajstić information content (AvgIpc) is 2.48. The van der Waals surface area contributed by atoms with Crippen LogP contribution in [0.25, 0.3) is 0 Å². The number of fused-ring (bicyclic) bond motifs is 1. The third kappa shape index (κ3) is 2.25. The van der Waals surface area contributed by atoms with Gasteiger partial charge in [-0.3, -0.25) is 0 Å². The van der Waals surface area contributed by atoms with Gasteiger partial charge in [-0.15, -0.1) is 0 Å². The van der Waals surface area contributed by atoms with Crippen LogP contribution in [0, 0.1) is 0 Å². The first-order chi connectivity index (χ1) is 9.59. The Morgan fingerprint density at radius 3 is 2.40 bits per heavy atom. The molecule has 1 unspecified atom stereocenters. The van der Waals surface area contributed by atoms with Crippen LogP contribution >= 0.6 is 0 Å². The van der Waals surface area contributed by atoms with Gasteiger partial charge in [0.15, 0.2) is 0 Å². The number of sulfonamides is 1. The molecule has 0 saturated carbocycles. The largest absolute Gasteiger partial charge is 0.243 e. The van der Waals surface area contributed by atoms with Crippen LogP contribution in [0.3, 0.4) is 0 Å². The molecule has 0 fully saturated rings. The van der Waals surface area contributed by atoms with Gasteiger partial charge in [-0.2, -0.15) is 4.31 Å². The summed E-state index contributed by atoms with van der Waals surface area (Å²) in [5, 5.41) is 0. The Morgan fingerprint density at radius 1 is 1.00 bits per heavy atom. The standard InChI is InChI=1S/C16H17NO2S/c1-13-11-17(12-14-7-5-6-10-16(13)14)20(18,19)15-8-3-2-4-9-15/h2-10,13H,11-12H2,1H3. The zero-order valence-electron chi connectivity index (χ0n) is 11.4. The van der Waals surface area contributed by atoms with Gasteiger partial charge in [0.05, 0.1) is 4.90 Å². The zero-order valence-corrected chi connectivity index (χ0v) is 12.2. The highest BCUT2D eigenvalue weighted by molar-refractivity contribution is 7.89. The molecule has 0 amide bonds. The number of benzene rings is 2. The zero-order chi connectivity index (χ0) is 14.2. The van der Waals surface area contributed by atoms with Crippen molar-refractivity contribution in [1.82, 2.24) is 4.31 Å². The molecule has 0 bridgehead atoms. The fraction of sp³-hybridized carbons (Fsp3) is 0.250. The molecule has 4 heteroatoms. The van der Waals surface area contributed by atoms with Crippen LogP contribution in [0.4, 0.5) is 0 Å². The van der Waals surface area contributed by atoms with Crippen molar-refractivity contribution in [3.8, 4) is 0 Å². The van der Waals surface area contributed by atoms with Gasteiger partial charge < -0.3 is 0 Å². The first-order valence-corrected chi connectivity index (χ1v) is 8.16. The molecular formula is C16H17NO2S. The van der Waals surface area contributed by atoms with Crippen LogP contribution in [0.1, 0.15) is 24.0 Å². The highest BCUT2D eigenvalue weighted by Crippen LogP contribution is 2.31. The monoisotopic (exact) mass is 287 g/mol. The minimum Gasteiger partial charge on any atom is -0.207 e. The second-order valence-electron chi connectivity index (χ2n) is 5.21. The predicted molar refractivity (Wildman–Crippen MR) is 78.9 cm³/mol. The Kier molecular flexibility index (Phi) is 3.36. The van der Waals surface area contributed by atoms with Gasteiger partial charge in [0.1, 0.15) is 0 Å². The number of rotatable bonds is 2. The summed E-state index contributed by atoms with van der Waals surface area (Å²) in [7, 11) is -3.40. The van der Waals surface area contributed by atoms with Crippen LogP contribution in [0.5, 0.6) is 0 Å². The maximum absolute atomic E-state index is 12.7. The van der Waals surface area contributed by atoms with Crippen LogP contribution in [0.2, 0.25) is 0 Å². The molecule has 0 radical (unpaired) electrons. The molecule has 2 aromatic carbocycles. The molecule has 0 spiro atoms. The lowest BCUT2D eigenvalue weighted by Crippen LogP contribution is -2.37. The quantitative estimate of drug-likeness (QED) is 0.851. The Labute approximate surface area is 119 Å². The van der Waals surface area contributed by atoms with Crippen LogP contribution < -0.4 is 0 Å². The molecule has 0 saturated heterocycles. The first kappa shape index (κ1) is 13.3. The predicted octanol–water partition coefficient (Wildman–Crippen LogP) is 2.99. The molecule has 0 aromatic heterocycles. The maximum atomic E-state index is 12.7. The van der Waals surface area contributed by atoms with E-state index >= 15 is 0 Å². The molecule has 104 valence electrons. The minimum absolute atomic E-state index is 0.221. The molecular weight excluding hydrogens is 270 g/mol. The fourth-order valence-corrected chi connectivity index (χ4v) is 4.27. The molecule has 0 N–H and O–H groups in total. The van der Waals surface area contributed by atoms with E-state index in [9.17, 15) is 8.42 Å². The van der Waals surface area contributed by atoms with Gasteiger partial charge in [0.2, 0.25) is 10.0 Å².